The molecule has 2 saturated heterocycles. The molecule has 3 heterocycles. The molecule has 3 atom stereocenters. The molecule has 0 aliphatic carbocycles. The quantitative estimate of drug-likeness (QED) is 0.540. The summed E-state index contributed by atoms with van der Waals surface area (Å²) in [6.45, 7) is 9.58. The lowest BCUT2D eigenvalue weighted by Gasteiger charge is -2.43. The number of rotatable bonds is 4. The molecule has 2 fully saturated rings. The minimum absolute atomic E-state index is 0.0121. The summed E-state index contributed by atoms with van der Waals surface area (Å²) >= 11 is 12.6. The zero-order valence-electron chi connectivity index (χ0n) is 19.9. The van der Waals surface area contributed by atoms with Crippen LogP contribution in [0.4, 0.5) is 5.69 Å². The van der Waals surface area contributed by atoms with Crippen LogP contribution in [0, 0.1) is 0 Å². The SMILES string of the molecule is CC1CN(c2ccc3ncn(C(C)c4ccc(Cl)cc4Cl)c3c2)CCN1C(=O)C1(C)CCCN1. The topological polar surface area (TPSA) is 53.4 Å². The Hall–Kier alpha value is -2.28. The van der Waals surface area contributed by atoms with Gasteiger partial charge < -0.3 is 19.7 Å². The summed E-state index contributed by atoms with van der Waals surface area (Å²) in [5, 5.41) is 4.70. The van der Waals surface area contributed by atoms with E-state index in [1.807, 2.05) is 25.4 Å². The van der Waals surface area contributed by atoms with Gasteiger partial charge in [0.1, 0.15) is 0 Å². The largest absolute Gasteiger partial charge is 0.368 e. The maximum atomic E-state index is 13.2. The third kappa shape index (κ3) is 4.16. The monoisotopic (exact) mass is 499 g/mol. The number of aromatic nitrogens is 2. The van der Waals surface area contributed by atoms with E-state index in [0.29, 0.717) is 10.0 Å². The average Bonchev–Trinajstić information content (AvgIpc) is 3.45. The molecule has 180 valence electrons. The van der Waals surface area contributed by atoms with Gasteiger partial charge in [-0.05, 0) is 76.1 Å². The van der Waals surface area contributed by atoms with E-state index in [1.165, 1.54) is 0 Å². The lowest BCUT2D eigenvalue weighted by molar-refractivity contribution is -0.139. The number of nitrogens with one attached hydrogen (secondary N) is 1. The zero-order valence-corrected chi connectivity index (χ0v) is 21.4. The third-order valence-electron chi connectivity index (χ3n) is 7.48. The predicted octanol–water partition coefficient (Wildman–Crippen LogP) is 5.13. The van der Waals surface area contributed by atoms with Gasteiger partial charge in [0.2, 0.25) is 5.91 Å². The van der Waals surface area contributed by atoms with Crippen LogP contribution in [0.3, 0.4) is 0 Å². The summed E-state index contributed by atoms with van der Waals surface area (Å²) in [6, 6.07) is 12.2. The van der Waals surface area contributed by atoms with Gasteiger partial charge in [-0.3, -0.25) is 4.79 Å². The van der Waals surface area contributed by atoms with Crippen molar-refractivity contribution in [2.24, 2.45) is 0 Å². The fourth-order valence-corrected chi connectivity index (χ4v) is 5.96. The Morgan fingerprint density at radius 2 is 2.03 bits per heavy atom. The minimum atomic E-state index is -0.416. The highest BCUT2D eigenvalue weighted by Crippen LogP contribution is 2.32. The smallest absolute Gasteiger partial charge is 0.242 e. The van der Waals surface area contributed by atoms with Crippen molar-refractivity contribution < 1.29 is 4.79 Å². The van der Waals surface area contributed by atoms with Gasteiger partial charge in [0.25, 0.3) is 0 Å². The predicted molar refractivity (Wildman–Crippen MR) is 139 cm³/mol. The molecule has 1 amide bonds. The maximum Gasteiger partial charge on any atom is 0.242 e. The number of nitrogens with zero attached hydrogens (tertiary/aromatic N) is 4. The van der Waals surface area contributed by atoms with Crippen molar-refractivity contribution in [3.8, 4) is 0 Å². The summed E-state index contributed by atoms with van der Waals surface area (Å²) in [5.41, 5.74) is 3.74. The van der Waals surface area contributed by atoms with Gasteiger partial charge >= 0.3 is 0 Å². The summed E-state index contributed by atoms with van der Waals surface area (Å²) in [7, 11) is 0. The van der Waals surface area contributed by atoms with Crippen LogP contribution in [0.25, 0.3) is 11.0 Å². The molecule has 2 aliphatic heterocycles. The molecule has 0 saturated carbocycles. The van der Waals surface area contributed by atoms with Gasteiger partial charge in [0.05, 0.1) is 28.9 Å². The van der Waals surface area contributed by atoms with Crippen LogP contribution in [0.15, 0.2) is 42.7 Å². The fraction of sp³-hybridized carbons (Fsp3) is 0.462. The van der Waals surface area contributed by atoms with Crippen LogP contribution < -0.4 is 10.2 Å². The number of carbonyl (C=O) groups is 1. The molecule has 6 nitrogen and oxygen atoms in total. The van der Waals surface area contributed by atoms with Crippen molar-refractivity contribution in [1.82, 2.24) is 19.8 Å². The maximum absolute atomic E-state index is 13.2. The van der Waals surface area contributed by atoms with E-state index in [1.54, 1.807) is 6.07 Å². The van der Waals surface area contributed by atoms with Crippen molar-refractivity contribution in [2.45, 2.75) is 51.2 Å². The van der Waals surface area contributed by atoms with Crippen LogP contribution in [0.5, 0.6) is 0 Å². The van der Waals surface area contributed by atoms with Gasteiger partial charge in [-0.2, -0.15) is 0 Å². The molecule has 0 radical (unpaired) electrons. The van der Waals surface area contributed by atoms with E-state index in [0.717, 1.165) is 61.3 Å². The highest BCUT2D eigenvalue weighted by Gasteiger charge is 2.41. The molecule has 2 aromatic carbocycles. The number of hydrogen-bond donors (Lipinski definition) is 1. The third-order valence-corrected chi connectivity index (χ3v) is 8.04. The molecular formula is C26H31Cl2N5O. The van der Waals surface area contributed by atoms with E-state index in [2.05, 4.69) is 56.7 Å². The van der Waals surface area contributed by atoms with Crippen molar-refractivity contribution in [3.63, 3.8) is 0 Å². The first kappa shape index (κ1) is 23.5. The first-order valence-electron chi connectivity index (χ1n) is 12.0. The van der Waals surface area contributed by atoms with Gasteiger partial charge in [-0.25, -0.2) is 4.98 Å². The molecule has 0 spiro atoms. The lowest BCUT2D eigenvalue weighted by Crippen LogP contribution is -2.61. The summed E-state index contributed by atoms with van der Waals surface area (Å²) < 4.78 is 2.16. The standard InChI is InChI=1S/C26H31Cl2N5O/c1-17-15-31(11-12-32(17)25(34)26(3)9-4-10-30-26)20-6-8-23-24(14-20)33(16-29-23)18(2)21-7-5-19(27)13-22(21)28/h5-8,13-14,16-18,30H,4,9-12,15H2,1-3H3. The lowest BCUT2D eigenvalue weighted by atomic mass is 9.96. The Labute approximate surface area is 210 Å². The number of anilines is 1. The van der Waals surface area contributed by atoms with Crippen LogP contribution >= 0.6 is 23.2 Å². The normalized spacial score (nSPS) is 24.1. The number of piperazine rings is 1. The molecule has 2 aliphatic rings. The van der Waals surface area contributed by atoms with Gasteiger partial charge in [-0.15, -0.1) is 0 Å². The summed E-state index contributed by atoms with van der Waals surface area (Å²) in [6.07, 6.45) is 3.84. The first-order chi connectivity index (χ1) is 16.3. The molecule has 0 bridgehead atoms. The van der Waals surface area contributed by atoms with Crippen molar-refractivity contribution in [3.05, 3.63) is 58.3 Å². The Balaban J connectivity index is 1.37. The van der Waals surface area contributed by atoms with Crippen LogP contribution in [0.1, 0.15) is 45.2 Å². The number of imidazole rings is 1. The number of carbonyl (C=O) groups excluding carboxylic acids is 1. The highest BCUT2D eigenvalue weighted by atomic mass is 35.5. The van der Waals surface area contributed by atoms with E-state index in [9.17, 15) is 4.79 Å². The second kappa shape index (κ2) is 9.06. The van der Waals surface area contributed by atoms with Crippen molar-refractivity contribution in [1.29, 1.82) is 0 Å². The van der Waals surface area contributed by atoms with E-state index in [4.69, 9.17) is 23.2 Å². The molecule has 3 unspecified atom stereocenters. The van der Waals surface area contributed by atoms with E-state index < -0.39 is 5.54 Å². The Kier molecular flexibility index (Phi) is 6.25. The van der Waals surface area contributed by atoms with Crippen LogP contribution in [-0.2, 0) is 4.79 Å². The van der Waals surface area contributed by atoms with Crippen molar-refractivity contribution in [2.75, 3.05) is 31.1 Å². The molecule has 1 aromatic heterocycles. The van der Waals surface area contributed by atoms with Crippen molar-refractivity contribution >= 4 is 45.8 Å². The van der Waals surface area contributed by atoms with E-state index in [-0.39, 0.29) is 18.0 Å². The summed E-state index contributed by atoms with van der Waals surface area (Å²) in [5.74, 6) is 0.236. The number of fused-ring (bicyclic) bond motifs is 1. The second-order valence-corrected chi connectivity index (χ2v) is 10.7. The molecule has 8 heteroatoms. The Bertz CT molecular complexity index is 1220. The van der Waals surface area contributed by atoms with Gasteiger partial charge in [0, 0.05) is 41.4 Å². The van der Waals surface area contributed by atoms with Crippen LogP contribution in [0.2, 0.25) is 10.0 Å². The Morgan fingerprint density at radius 3 is 2.74 bits per heavy atom. The first-order valence-corrected chi connectivity index (χ1v) is 12.7. The molecule has 34 heavy (non-hydrogen) atoms. The molecule has 5 rings (SSSR count). The van der Waals surface area contributed by atoms with E-state index >= 15 is 0 Å². The molecule has 3 aromatic rings. The van der Waals surface area contributed by atoms with Gasteiger partial charge in [-0.1, -0.05) is 29.3 Å². The van der Waals surface area contributed by atoms with Crippen LogP contribution in [-0.4, -0.2) is 58.1 Å². The second-order valence-electron chi connectivity index (χ2n) is 9.82. The number of hydrogen-bond acceptors (Lipinski definition) is 4. The Morgan fingerprint density at radius 1 is 1.21 bits per heavy atom. The average molecular weight is 500 g/mol. The number of halogens is 2. The van der Waals surface area contributed by atoms with Gasteiger partial charge in [0.15, 0.2) is 0 Å². The summed E-state index contributed by atoms with van der Waals surface area (Å²) in [4.78, 5) is 22.3. The zero-order chi connectivity index (χ0) is 24.0. The fourth-order valence-electron chi connectivity index (χ4n) is 5.40. The molecule has 1 N–H and O–H groups in total. The number of amides is 1. The minimum Gasteiger partial charge on any atom is -0.368 e. The number of benzene rings is 2. The highest BCUT2D eigenvalue weighted by molar-refractivity contribution is 6.35. The molecular weight excluding hydrogens is 469 g/mol.